The van der Waals surface area contributed by atoms with Crippen LogP contribution in [0.25, 0.3) is 0 Å². The Labute approximate surface area is 261 Å². The number of allylic oxidation sites excluding steroid dienone is 4. The normalized spacial score (nSPS) is 12.0. The lowest BCUT2D eigenvalue weighted by Crippen LogP contribution is -2.16. The summed E-state index contributed by atoms with van der Waals surface area (Å²) in [7, 11) is 0. The summed E-state index contributed by atoms with van der Waals surface area (Å²) < 4.78 is 0. The summed E-state index contributed by atoms with van der Waals surface area (Å²) in [6, 6.07) is 0. The van der Waals surface area contributed by atoms with Crippen molar-refractivity contribution in [1.29, 1.82) is 0 Å². The summed E-state index contributed by atoms with van der Waals surface area (Å²) in [5.41, 5.74) is 0. The second-order valence-electron chi connectivity index (χ2n) is 13.0. The van der Waals surface area contributed by atoms with Crippen molar-refractivity contribution in [3.05, 3.63) is 24.3 Å². The van der Waals surface area contributed by atoms with Crippen LogP contribution in [0.15, 0.2) is 24.3 Å². The molecule has 0 atom stereocenters. The van der Waals surface area contributed by atoms with Crippen molar-refractivity contribution >= 4 is 0 Å². The monoisotopic (exact) mass is 574 g/mol. The van der Waals surface area contributed by atoms with E-state index in [0.717, 1.165) is 0 Å². The second kappa shape index (κ2) is 39.4. The van der Waals surface area contributed by atoms with Crippen molar-refractivity contribution in [3.8, 4) is 0 Å². The standard InChI is InChI=1S/C40H79N/c1-3-5-7-9-11-13-15-17-19-21-23-25-27-29-31-33-35-37-39-41-40-38-36-34-32-30-28-26-24-22-20-18-16-14-12-10-8-6-4-2/h21-24,41H,3-20,25-40H2,1-2H3. The lowest BCUT2D eigenvalue weighted by atomic mass is 10.1. The van der Waals surface area contributed by atoms with E-state index in [9.17, 15) is 0 Å². The van der Waals surface area contributed by atoms with E-state index in [-0.39, 0.29) is 0 Å². The Hall–Kier alpha value is -0.560. The van der Waals surface area contributed by atoms with E-state index in [2.05, 4.69) is 43.5 Å². The van der Waals surface area contributed by atoms with Gasteiger partial charge in [0.25, 0.3) is 0 Å². The largest absolute Gasteiger partial charge is 0.317 e. The Kier molecular flexibility index (Phi) is 38.9. The van der Waals surface area contributed by atoms with E-state index >= 15 is 0 Å². The molecule has 0 rings (SSSR count). The average molecular weight is 574 g/mol. The predicted molar refractivity (Wildman–Crippen MR) is 190 cm³/mol. The number of hydrogen-bond acceptors (Lipinski definition) is 1. The fourth-order valence-electron chi connectivity index (χ4n) is 5.83. The molecular weight excluding hydrogens is 494 g/mol. The molecule has 0 unspecified atom stereocenters. The average Bonchev–Trinajstić information content (AvgIpc) is 2.98. The molecule has 1 heteroatoms. The first-order valence-corrected chi connectivity index (χ1v) is 19.4. The molecule has 0 aliphatic heterocycles. The number of nitrogens with one attached hydrogen (secondary N) is 1. The molecule has 0 aliphatic rings. The molecule has 0 aromatic rings. The van der Waals surface area contributed by atoms with Gasteiger partial charge in [-0.3, -0.25) is 0 Å². The summed E-state index contributed by atoms with van der Waals surface area (Å²) in [4.78, 5) is 0. The molecule has 0 fully saturated rings. The molecule has 0 bridgehead atoms. The maximum Gasteiger partial charge on any atom is -0.00489 e. The Bertz CT molecular complexity index is 449. The lowest BCUT2D eigenvalue weighted by Gasteiger charge is -2.05. The molecule has 0 amide bonds. The molecule has 244 valence electrons. The zero-order chi connectivity index (χ0) is 29.6. The maximum absolute atomic E-state index is 3.68. The minimum Gasteiger partial charge on any atom is -0.317 e. The van der Waals surface area contributed by atoms with E-state index in [1.807, 2.05) is 0 Å². The zero-order valence-electron chi connectivity index (χ0n) is 28.9. The summed E-state index contributed by atoms with van der Waals surface area (Å²) in [6.07, 6.45) is 54.8. The van der Waals surface area contributed by atoms with Gasteiger partial charge in [0, 0.05) is 0 Å². The SMILES string of the molecule is CCCCCCCCCCC=CCCCCCCCCNCCCCCCCCC=CCCCCCCCCCC. The van der Waals surface area contributed by atoms with Crippen LogP contribution in [-0.2, 0) is 0 Å². The first kappa shape index (κ1) is 40.4. The van der Waals surface area contributed by atoms with Crippen molar-refractivity contribution in [1.82, 2.24) is 5.32 Å². The summed E-state index contributed by atoms with van der Waals surface area (Å²) in [5, 5.41) is 3.68. The molecular formula is C40H79N. The van der Waals surface area contributed by atoms with E-state index in [1.165, 1.54) is 219 Å². The van der Waals surface area contributed by atoms with Crippen molar-refractivity contribution in [2.24, 2.45) is 0 Å². The minimum atomic E-state index is 1.23. The van der Waals surface area contributed by atoms with Crippen molar-refractivity contribution < 1.29 is 0 Å². The van der Waals surface area contributed by atoms with E-state index in [4.69, 9.17) is 0 Å². The molecule has 0 aromatic heterocycles. The first-order chi connectivity index (χ1) is 20.4. The van der Waals surface area contributed by atoms with Gasteiger partial charge >= 0.3 is 0 Å². The molecule has 41 heavy (non-hydrogen) atoms. The van der Waals surface area contributed by atoms with Gasteiger partial charge in [0.05, 0.1) is 0 Å². The first-order valence-electron chi connectivity index (χ1n) is 19.4. The van der Waals surface area contributed by atoms with Crippen LogP contribution in [0.5, 0.6) is 0 Å². The molecule has 0 spiro atoms. The highest BCUT2D eigenvalue weighted by molar-refractivity contribution is 4.82. The van der Waals surface area contributed by atoms with Crippen LogP contribution in [0.1, 0.15) is 219 Å². The molecule has 0 aliphatic carbocycles. The molecule has 0 radical (unpaired) electrons. The Morgan fingerprint density at radius 3 is 0.756 bits per heavy atom. The second-order valence-corrected chi connectivity index (χ2v) is 13.0. The minimum absolute atomic E-state index is 1.23. The third-order valence-corrected chi connectivity index (χ3v) is 8.73. The van der Waals surface area contributed by atoms with Gasteiger partial charge in [-0.1, -0.05) is 179 Å². The Balaban J connectivity index is 3.11. The number of rotatable bonds is 36. The van der Waals surface area contributed by atoms with Crippen molar-refractivity contribution in [3.63, 3.8) is 0 Å². The maximum atomic E-state index is 3.68. The summed E-state index contributed by atoms with van der Waals surface area (Å²) in [5.74, 6) is 0. The van der Waals surface area contributed by atoms with Gasteiger partial charge in [-0.25, -0.2) is 0 Å². The molecule has 1 nitrogen and oxygen atoms in total. The van der Waals surface area contributed by atoms with Gasteiger partial charge in [0.2, 0.25) is 0 Å². The smallest absolute Gasteiger partial charge is 0.00489 e. The van der Waals surface area contributed by atoms with Gasteiger partial charge < -0.3 is 5.32 Å². The summed E-state index contributed by atoms with van der Waals surface area (Å²) >= 11 is 0. The van der Waals surface area contributed by atoms with Crippen LogP contribution in [0, 0.1) is 0 Å². The van der Waals surface area contributed by atoms with Gasteiger partial charge in [-0.2, -0.15) is 0 Å². The molecule has 0 saturated heterocycles. The van der Waals surface area contributed by atoms with Crippen LogP contribution < -0.4 is 5.32 Å². The predicted octanol–water partition coefficient (Wildman–Crippen LogP) is 14.2. The topological polar surface area (TPSA) is 12.0 Å². The van der Waals surface area contributed by atoms with Crippen LogP contribution in [0.3, 0.4) is 0 Å². The van der Waals surface area contributed by atoms with Gasteiger partial charge in [0.15, 0.2) is 0 Å². The highest BCUT2D eigenvalue weighted by Crippen LogP contribution is 2.13. The van der Waals surface area contributed by atoms with E-state index in [1.54, 1.807) is 0 Å². The third-order valence-electron chi connectivity index (χ3n) is 8.73. The van der Waals surface area contributed by atoms with Gasteiger partial charge in [-0.05, 0) is 77.3 Å². The van der Waals surface area contributed by atoms with Crippen molar-refractivity contribution in [2.45, 2.75) is 219 Å². The van der Waals surface area contributed by atoms with Crippen LogP contribution in [0.2, 0.25) is 0 Å². The lowest BCUT2D eigenvalue weighted by molar-refractivity contribution is 0.539. The summed E-state index contributed by atoms with van der Waals surface area (Å²) in [6.45, 7) is 7.06. The third kappa shape index (κ3) is 39.4. The van der Waals surface area contributed by atoms with Crippen LogP contribution >= 0.6 is 0 Å². The highest BCUT2D eigenvalue weighted by atomic mass is 14.8. The Morgan fingerprint density at radius 1 is 0.268 bits per heavy atom. The zero-order valence-corrected chi connectivity index (χ0v) is 28.9. The van der Waals surface area contributed by atoms with Gasteiger partial charge in [0.1, 0.15) is 0 Å². The number of hydrogen-bond donors (Lipinski definition) is 1. The van der Waals surface area contributed by atoms with Crippen LogP contribution in [0.4, 0.5) is 0 Å². The fraction of sp³-hybridized carbons (Fsp3) is 0.900. The quantitative estimate of drug-likeness (QED) is 0.0580. The molecule has 0 heterocycles. The molecule has 1 N–H and O–H groups in total. The van der Waals surface area contributed by atoms with Crippen LogP contribution in [-0.4, -0.2) is 13.1 Å². The van der Waals surface area contributed by atoms with Crippen molar-refractivity contribution in [2.75, 3.05) is 13.1 Å². The fourth-order valence-corrected chi connectivity index (χ4v) is 5.83. The Morgan fingerprint density at radius 2 is 0.488 bits per heavy atom. The number of unbranched alkanes of at least 4 members (excludes halogenated alkanes) is 28. The molecule has 0 aromatic carbocycles. The molecule has 0 saturated carbocycles. The van der Waals surface area contributed by atoms with E-state index < -0.39 is 0 Å². The highest BCUT2D eigenvalue weighted by Gasteiger charge is 1.95. The van der Waals surface area contributed by atoms with E-state index in [0.29, 0.717) is 0 Å². The van der Waals surface area contributed by atoms with Gasteiger partial charge in [-0.15, -0.1) is 0 Å².